The first-order valence-corrected chi connectivity index (χ1v) is 10.8. The van der Waals surface area contributed by atoms with Crippen LogP contribution in [-0.2, 0) is 20.9 Å². The summed E-state index contributed by atoms with van der Waals surface area (Å²) in [4.78, 5) is 38.8. The van der Waals surface area contributed by atoms with E-state index in [0.717, 1.165) is 5.56 Å². The second-order valence-corrected chi connectivity index (χ2v) is 9.18. The quantitative estimate of drug-likeness (QED) is 0.716. The summed E-state index contributed by atoms with van der Waals surface area (Å²) in [5.41, 5.74) is 0.341. The monoisotopic (exact) mass is 433 g/mol. The van der Waals surface area contributed by atoms with E-state index in [1.165, 1.54) is 0 Å². The molecule has 1 aliphatic heterocycles. The highest BCUT2D eigenvalue weighted by molar-refractivity contribution is 5.86. The van der Waals surface area contributed by atoms with Gasteiger partial charge >= 0.3 is 12.2 Å². The average molecular weight is 434 g/mol. The molecule has 0 spiro atoms. The number of carbonyl (C=O) groups is 3. The fraction of sp³-hybridized carbons (Fsp3) is 0.609. The lowest BCUT2D eigenvalue weighted by Gasteiger charge is -2.34. The number of likely N-dealkylation sites (tertiary alicyclic amines) is 1. The Bertz CT molecular complexity index is 737. The minimum absolute atomic E-state index is 0.0606. The van der Waals surface area contributed by atoms with Crippen molar-refractivity contribution in [1.82, 2.24) is 15.5 Å². The van der Waals surface area contributed by atoms with Gasteiger partial charge in [-0.1, -0.05) is 44.2 Å². The molecule has 1 saturated heterocycles. The third-order valence-corrected chi connectivity index (χ3v) is 4.93. The van der Waals surface area contributed by atoms with Crippen molar-refractivity contribution >= 4 is 18.1 Å². The van der Waals surface area contributed by atoms with E-state index in [1.807, 2.05) is 65.0 Å². The summed E-state index contributed by atoms with van der Waals surface area (Å²) in [6.45, 7) is 10.4. The lowest BCUT2D eigenvalue weighted by molar-refractivity contribution is -0.125. The molecule has 1 aromatic rings. The smallest absolute Gasteiger partial charge is 0.410 e. The fourth-order valence-electron chi connectivity index (χ4n) is 3.25. The number of nitrogens with zero attached hydrogens (tertiary/aromatic N) is 1. The molecule has 2 rings (SSSR count). The number of ether oxygens (including phenoxy) is 2. The summed E-state index contributed by atoms with van der Waals surface area (Å²) in [5.74, 6) is -0.353. The van der Waals surface area contributed by atoms with Gasteiger partial charge in [-0.05, 0) is 45.1 Å². The highest BCUT2D eigenvalue weighted by atomic mass is 16.6. The van der Waals surface area contributed by atoms with Crippen LogP contribution in [0.4, 0.5) is 9.59 Å². The van der Waals surface area contributed by atoms with E-state index in [0.29, 0.717) is 25.9 Å². The van der Waals surface area contributed by atoms with Gasteiger partial charge in [0.1, 0.15) is 18.2 Å². The Morgan fingerprint density at radius 2 is 1.71 bits per heavy atom. The lowest BCUT2D eigenvalue weighted by Crippen LogP contribution is -2.54. The molecule has 0 aromatic heterocycles. The Hall–Kier alpha value is -2.77. The molecule has 1 aliphatic rings. The maximum Gasteiger partial charge on any atom is 0.410 e. The van der Waals surface area contributed by atoms with Crippen molar-refractivity contribution in [2.45, 2.75) is 71.8 Å². The SMILES string of the molecule is CC(C)C(NC(=O)OCc1ccccc1)C(=O)NC1CCN(C(=O)OC(C)(C)C)CC1. The van der Waals surface area contributed by atoms with Crippen LogP contribution >= 0.6 is 0 Å². The van der Waals surface area contributed by atoms with Crippen molar-refractivity contribution in [2.24, 2.45) is 5.92 Å². The third kappa shape index (κ3) is 8.47. The molecule has 31 heavy (non-hydrogen) atoms. The number of carbonyl (C=O) groups excluding carboxylic acids is 3. The van der Waals surface area contributed by atoms with Crippen LogP contribution in [-0.4, -0.2) is 53.8 Å². The summed E-state index contributed by atoms with van der Waals surface area (Å²) < 4.78 is 10.6. The number of hydrogen-bond acceptors (Lipinski definition) is 5. The predicted octanol–water partition coefficient (Wildman–Crippen LogP) is 3.45. The summed E-state index contributed by atoms with van der Waals surface area (Å²) in [7, 11) is 0. The molecular formula is C23H35N3O5. The van der Waals surface area contributed by atoms with Crippen LogP contribution in [0.1, 0.15) is 53.0 Å². The molecule has 1 atom stereocenters. The molecule has 0 radical (unpaired) electrons. The average Bonchev–Trinajstić information content (AvgIpc) is 2.70. The fourth-order valence-corrected chi connectivity index (χ4v) is 3.25. The van der Waals surface area contributed by atoms with Crippen LogP contribution in [0.5, 0.6) is 0 Å². The van der Waals surface area contributed by atoms with Crippen molar-refractivity contribution < 1.29 is 23.9 Å². The maximum atomic E-state index is 12.8. The van der Waals surface area contributed by atoms with Gasteiger partial charge in [0.2, 0.25) is 5.91 Å². The number of hydrogen-bond donors (Lipinski definition) is 2. The predicted molar refractivity (Wildman–Crippen MR) is 117 cm³/mol. The van der Waals surface area contributed by atoms with Gasteiger partial charge in [0.25, 0.3) is 0 Å². The molecule has 1 fully saturated rings. The van der Waals surface area contributed by atoms with Gasteiger partial charge < -0.3 is 25.0 Å². The third-order valence-electron chi connectivity index (χ3n) is 4.93. The van der Waals surface area contributed by atoms with Crippen molar-refractivity contribution in [3.8, 4) is 0 Å². The van der Waals surface area contributed by atoms with Gasteiger partial charge in [0.15, 0.2) is 0 Å². The minimum atomic E-state index is -0.702. The van der Waals surface area contributed by atoms with Gasteiger partial charge in [-0.15, -0.1) is 0 Å². The Morgan fingerprint density at radius 3 is 2.26 bits per heavy atom. The molecule has 0 saturated carbocycles. The van der Waals surface area contributed by atoms with E-state index >= 15 is 0 Å². The number of rotatable bonds is 6. The van der Waals surface area contributed by atoms with Gasteiger partial charge in [-0.2, -0.15) is 0 Å². The van der Waals surface area contributed by atoms with Crippen LogP contribution < -0.4 is 10.6 Å². The van der Waals surface area contributed by atoms with Crippen molar-refractivity contribution in [2.75, 3.05) is 13.1 Å². The molecule has 1 unspecified atom stereocenters. The van der Waals surface area contributed by atoms with E-state index in [-0.39, 0.29) is 30.6 Å². The van der Waals surface area contributed by atoms with Crippen molar-refractivity contribution in [3.63, 3.8) is 0 Å². The Balaban J connectivity index is 1.80. The molecule has 0 aliphatic carbocycles. The summed E-state index contributed by atoms with van der Waals surface area (Å²) >= 11 is 0. The van der Waals surface area contributed by atoms with Crippen LogP contribution in [0.2, 0.25) is 0 Å². The molecule has 2 N–H and O–H groups in total. The summed E-state index contributed by atoms with van der Waals surface area (Å²) in [5, 5.41) is 5.67. The number of piperidine rings is 1. The molecular weight excluding hydrogens is 398 g/mol. The number of alkyl carbamates (subject to hydrolysis) is 1. The van der Waals surface area contributed by atoms with Gasteiger partial charge in [-0.3, -0.25) is 4.79 Å². The van der Waals surface area contributed by atoms with E-state index in [2.05, 4.69) is 10.6 Å². The number of nitrogens with one attached hydrogen (secondary N) is 2. The molecule has 3 amide bonds. The largest absolute Gasteiger partial charge is 0.445 e. The summed E-state index contributed by atoms with van der Waals surface area (Å²) in [6.07, 6.45) is 0.306. The topological polar surface area (TPSA) is 97.0 Å². The molecule has 0 bridgehead atoms. The van der Waals surface area contributed by atoms with Gasteiger partial charge in [-0.25, -0.2) is 9.59 Å². The first-order chi connectivity index (χ1) is 14.5. The second-order valence-electron chi connectivity index (χ2n) is 9.18. The molecule has 1 aromatic carbocycles. The molecule has 8 heteroatoms. The van der Waals surface area contributed by atoms with Crippen LogP contribution in [0.15, 0.2) is 30.3 Å². The first-order valence-electron chi connectivity index (χ1n) is 10.8. The van der Waals surface area contributed by atoms with E-state index < -0.39 is 17.7 Å². The first kappa shape index (κ1) is 24.5. The number of amides is 3. The van der Waals surface area contributed by atoms with Gasteiger partial charge in [0.05, 0.1) is 0 Å². The van der Waals surface area contributed by atoms with E-state index in [4.69, 9.17) is 9.47 Å². The molecule has 172 valence electrons. The number of benzene rings is 1. The van der Waals surface area contributed by atoms with Crippen molar-refractivity contribution in [3.05, 3.63) is 35.9 Å². The highest BCUT2D eigenvalue weighted by Gasteiger charge is 2.30. The maximum absolute atomic E-state index is 12.8. The van der Waals surface area contributed by atoms with Gasteiger partial charge in [0, 0.05) is 19.1 Å². The molecule has 1 heterocycles. The standard InChI is InChI=1S/C23H35N3O5/c1-16(2)19(25-21(28)30-15-17-9-7-6-8-10-17)20(27)24-18-11-13-26(14-12-18)22(29)31-23(3,4)5/h6-10,16,18-19H,11-15H2,1-5H3,(H,24,27)(H,25,28). The van der Waals surface area contributed by atoms with E-state index in [1.54, 1.807) is 4.90 Å². The summed E-state index contributed by atoms with van der Waals surface area (Å²) in [6, 6.07) is 8.60. The van der Waals surface area contributed by atoms with Crippen LogP contribution in [0.3, 0.4) is 0 Å². The Morgan fingerprint density at radius 1 is 1.10 bits per heavy atom. The zero-order valence-corrected chi connectivity index (χ0v) is 19.1. The zero-order chi connectivity index (χ0) is 23.0. The van der Waals surface area contributed by atoms with Crippen molar-refractivity contribution in [1.29, 1.82) is 0 Å². The zero-order valence-electron chi connectivity index (χ0n) is 19.1. The molecule has 8 nitrogen and oxygen atoms in total. The van der Waals surface area contributed by atoms with Crippen LogP contribution in [0.25, 0.3) is 0 Å². The lowest BCUT2D eigenvalue weighted by atomic mass is 10.0. The Labute approximate surface area is 184 Å². The second kappa shape index (κ2) is 11.0. The minimum Gasteiger partial charge on any atom is -0.445 e. The van der Waals surface area contributed by atoms with E-state index in [9.17, 15) is 14.4 Å². The highest BCUT2D eigenvalue weighted by Crippen LogP contribution is 2.16. The van der Waals surface area contributed by atoms with Crippen LogP contribution in [0, 0.1) is 5.92 Å². The normalized spacial score (nSPS) is 15.9. The Kier molecular flexibility index (Phi) is 8.71.